The number of fused-ring (bicyclic) bond motifs is 1. The molecule has 182 valence electrons. The van der Waals surface area contributed by atoms with Crippen molar-refractivity contribution in [1.29, 1.82) is 5.26 Å². The van der Waals surface area contributed by atoms with Crippen LogP contribution in [0.1, 0.15) is 18.4 Å². The first-order chi connectivity index (χ1) is 17.8. The molecule has 4 aromatic rings. The zero-order valence-corrected chi connectivity index (χ0v) is 19.9. The van der Waals surface area contributed by atoms with Crippen LogP contribution in [0.5, 0.6) is 5.75 Å². The molecule has 0 unspecified atom stereocenters. The van der Waals surface area contributed by atoms with Gasteiger partial charge in [0.05, 0.1) is 37.5 Å². The third-order valence-corrected chi connectivity index (χ3v) is 6.78. The van der Waals surface area contributed by atoms with Crippen LogP contribution in [0.2, 0.25) is 0 Å². The number of benzene rings is 2. The minimum absolute atomic E-state index is 0.0779. The molecule has 0 aliphatic carbocycles. The Morgan fingerprint density at radius 2 is 1.69 bits per heavy atom. The summed E-state index contributed by atoms with van der Waals surface area (Å²) in [5, 5.41) is 9.80. The van der Waals surface area contributed by atoms with Gasteiger partial charge in [0.2, 0.25) is 0 Å². The van der Waals surface area contributed by atoms with Crippen LogP contribution in [0.3, 0.4) is 0 Å². The van der Waals surface area contributed by atoms with Gasteiger partial charge in [-0.15, -0.1) is 0 Å². The summed E-state index contributed by atoms with van der Waals surface area (Å²) >= 11 is 0. The van der Waals surface area contributed by atoms with Gasteiger partial charge >= 0.3 is 0 Å². The Balaban J connectivity index is 1.29. The van der Waals surface area contributed by atoms with E-state index in [0.29, 0.717) is 30.2 Å². The van der Waals surface area contributed by atoms with Crippen LogP contribution < -0.4 is 9.64 Å². The Morgan fingerprint density at radius 1 is 0.944 bits per heavy atom. The number of anilines is 1. The summed E-state index contributed by atoms with van der Waals surface area (Å²) < 4.78 is 17.0. The van der Waals surface area contributed by atoms with Crippen LogP contribution in [0, 0.1) is 11.3 Å². The zero-order valence-electron chi connectivity index (χ0n) is 19.9. The average Bonchev–Trinajstić information content (AvgIpc) is 3.39. The molecule has 8 heteroatoms. The van der Waals surface area contributed by atoms with Gasteiger partial charge in [-0.05, 0) is 48.0 Å². The quantitative estimate of drug-likeness (QED) is 0.446. The molecular weight excluding hydrogens is 454 g/mol. The number of pyridine rings is 1. The highest BCUT2D eigenvalue weighted by molar-refractivity contribution is 5.91. The Kier molecular flexibility index (Phi) is 6.24. The molecule has 0 saturated carbocycles. The van der Waals surface area contributed by atoms with Crippen LogP contribution in [-0.4, -0.2) is 60.6 Å². The molecule has 2 aromatic carbocycles. The van der Waals surface area contributed by atoms with Gasteiger partial charge in [0, 0.05) is 48.9 Å². The standard InChI is InChI=1S/C28H27N5O3/c29-18-21-17-20(3-6-25(21)36-23-8-13-34-14-9-23)24-7-10-30-28-26(24)31-27(32-28)19-1-4-22(5-2-19)33-11-15-35-16-12-33/h1-7,10,17,23H,8-9,11-16H2,(H,30,31,32). The third kappa shape index (κ3) is 4.51. The number of hydrogen-bond donors (Lipinski definition) is 1. The van der Waals surface area contributed by atoms with Crippen LogP contribution >= 0.6 is 0 Å². The number of H-pyrrole nitrogens is 1. The summed E-state index contributed by atoms with van der Waals surface area (Å²) in [6, 6.07) is 18.4. The van der Waals surface area contributed by atoms with E-state index >= 15 is 0 Å². The van der Waals surface area contributed by atoms with E-state index in [-0.39, 0.29) is 6.10 Å². The van der Waals surface area contributed by atoms with E-state index in [1.165, 1.54) is 5.69 Å². The Labute approximate surface area is 209 Å². The summed E-state index contributed by atoms with van der Waals surface area (Å²) in [7, 11) is 0. The lowest BCUT2D eigenvalue weighted by atomic mass is 10.0. The lowest BCUT2D eigenvalue weighted by molar-refractivity contribution is 0.0254. The van der Waals surface area contributed by atoms with Gasteiger partial charge in [-0.3, -0.25) is 0 Å². The highest BCUT2D eigenvalue weighted by atomic mass is 16.5. The maximum Gasteiger partial charge on any atom is 0.178 e. The number of aromatic nitrogens is 3. The number of rotatable bonds is 5. The summed E-state index contributed by atoms with van der Waals surface area (Å²) in [6.07, 6.45) is 3.50. The molecule has 2 aliphatic heterocycles. The molecule has 2 aromatic heterocycles. The molecule has 6 rings (SSSR count). The molecule has 36 heavy (non-hydrogen) atoms. The van der Waals surface area contributed by atoms with Gasteiger partial charge in [0.25, 0.3) is 0 Å². The number of aromatic amines is 1. The third-order valence-electron chi connectivity index (χ3n) is 6.78. The lowest BCUT2D eigenvalue weighted by Crippen LogP contribution is -2.36. The fourth-order valence-electron chi connectivity index (χ4n) is 4.80. The summed E-state index contributed by atoms with van der Waals surface area (Å²) in [6.45, 7) is 4.71. The minimum Gasteiger partial charge on any atom is -0.489 e. The molecule has 8 nitrogen and oxygen atoms in total. The maximum atomic E-state index is 9.80. The van der Waals surface area contributed by atoms with Crippen molar-refractivity contribution in [2.24, 2.45) is 0 Å². The number of nitrogens with zero attached hydrogens (tertiary/aromatic N) is 4. The fraction of sp³-hybridized carbons (Fsp3) is 0.321. The van der Waals surface area contributed by atoms with E-state index < -0.39 is 0 Å². The molecule has 0 spiro atoms. The molecule has 2 fully saturated rings. The highest BCUT2D eigenvalue weighted by Crippen LogP contribution is 2.33. The predicted molar refractivity (Wildman–Crippen MR) is 137 cm³/mol. The SMILES string of the molecule is N#Cc1cc(-c2ccnc3nc(-c4ccc(N5CCOCC5)cc4)[nH]c23)ccc1OC1CCOCC1. The van der Waals surface area contributed by atoms with Crippen molar-refractivity contribution in [3.05, 3.63) is 60.3 Å². The second-order valence-corrected chi connectivity index (χ2v) is 9.04. The Morgan fingerprint density at radius 3 is 2.47 bits per heavy atom. The monoisotopic (exact) mass is 481 g/mol. The van der Waals surface area contributed by atoms with Gasteiger partial charge in [-0.1, -0.05) is 6.07 Å². The van der Waals surface area contributed by atoms with E-state index in [0.717, 1.165) is 67.2 Å². The van der Waals surface area contributed by atoms with Crippen molar-refractivity contribution in [2.75, 3.05) is 44.4 Å². The molecule has 0 atom stereocenters. The van der Waals surface area contributed by atoms with Crippen molar-refractivity contribution >= 4 is 16.9 Å². The van der Waals surface area contributed by atoms with Crippen molar-refractivity contribution < 1.29 is 14.2 Å². The van der Waals surface area contributed by atoms with E-state index in [1.54, 1.807) is 6.20 Å². The molecular formula is C28H27N5O3. The first kappa shape index (κ1) is 22.5. The molecule has 0 radical (unpaired) electrons. The van der Waals surface area contributed by atoms with Crippen molar-refractivity contribution in [3.8, 4) is 34.3 Å². The van der Waals surface area contributed by atoms with Gasteiger partial charge in [-0.25, -0.2) is 9.97 Å². The van der Waals surface area contributed by atoms with E-state index in [9.17, 15) is 5.26 Å². The van der Waals surface area contributed by atoms with Crippen LogP contribution in [0.25, 0.3) is 33.7 Å². The van der Waals surface area contributed by atoms with Crippen LogP contribution in [0.4, 0.5) is 5.69 Å². The first-order valence-electron chi connectivity index (χ1n) is 12.4. The zero-order chi connectivity index (χ0) is 24.3. The average molecular weight is 482 g/mol. The highest BCUT2D eigenvalue weighted by Gasteiger charge is 2.19. The Hall–Kier alpha value is -3.93. The molecule has 1 N–H and O–H groups in total. The number of nitriles is 1. The summed E-state index contributed by atoms with van der Waals surface area (Å²) in [5.74, 6) is 1.38. The molecule has 0 amide bonds. The molecule has 2 aliphatic rings. The predicted octanol–water partition coefficient (Wildman–Crippen LogP) is 4.56. The topological polar surface area (TPSA) is 96.3 Å². The summed E-state index contributed by atoms with van der Waals surface area (Å²) in [4.78, 5) is 15.0. The number of hydrogen-bond acceptors (Lipinski definition) is 7. The van der Waals surface area contributed by atoms with Crippen LogP contribution in [0.15, 0.2) is 54.7 Å². The van der Waals surface area contributed by atoms with Gasteiger partial charge < -0.3 is 24.1 Å². The number of nitrogens with one attached hydrogen (secondary N) is 1. The Bertz CT molecular complexity index is 1400. The van der Waals surface area contributed by atoms with Crippen molar-refractivity contribution in [1.82, 2.24) is 15.0 Å². The summed E-state index contributed by atoms with van der Waals surface area (Å²) in [5.41, 5.74) is 6.03. The van der Waals surface area contributed by atoms with Gasteiger partial charge in [0.15, 0.2) is 5.65 Å². The van der Waals surface area contributed by atoms with Crippen molar-refractivity contribution in [3.63, 3.8) is 0 Å². The first-order valence-corrected chi connectivity index (χ1v) is 12.4. The van der Waals surface area contributed by atoms with E-state index in [1.807, 2.05) is 24.3 Å². The fourth-order valence-corrected chi connectivity index (χ4v) is 4.80. The molecule has 4 heterocycles. The van der Waals surface area contributed by atoms with E-state index in [2.05, 4.69) is 45.2 Å². The lowest BCUT2D eigenvalue weighted by Gasteiger charge is -2.28. The number of imidazole rings is 1. The van der Waals surface area contributed by atoms with Crippen LogP contribution in [-0.2, 0) is 9.47 Å². The second kappa shape index (κ2) is 9.97. The molecule has 0 bridgehead atoms. The van der Waals surface area contributed by atoms with Gasteiger partial charge in [0.1, 0.15) is 23.7 Å². The smallest absolute Gasteiger partial charge is 0.178 e. The largest absolute Gasteiger partial charge is 0.489 e. The maximum absolute atomic E-state index is 9.80. The second-order valence-electron chi connectivity index (χ2n) is 9.04. The minimum atomic E-state index is 0.0779. The van der Waals surface area contributed by atoms with E-state index in [4.69, 9.17) is 19.2 Å². The number of morpholine rings is 1. The number of ether oxygens (including phenoxy) is 3. The van der Waals surface area contributed by atoms with Crippen molar-refractivity contribution in [2.45, 2.75) is 18.9 Å². The normalized spacial score (nSPS) is 16.7. The molecule has 2 saturated heterocycles. The van der Waals surface area contributed by atoms with Gasteiger partial charge in [-0.2, -0.15) is 5.26 Å².